The fraction of sp³-hybridized carbons (Fsp3) is 0.624. The molecule has 118 heavy (non-hydrogen) atoms. The average molecular weight is 1670 g/mol. The van der Waals surface area contributed by atoms with Crippen LogP contribution in [-0.4, -0.2) is 129 Å². The van der Waals surface area contributed by atoms with Crippen molar-refractivity contribution in [2.75, 3.05) is 21.3 Å². The topological polar surface area (TPSA) is 269 Å². The average Bonchev–Trinajstić information content (AvgIpc) is 1.29. The third-order valence-electron chi connectivity index (χ3n) is 26.3. The molecule has 0 spiro atoms. The first-order valence-electron chi connectivity index (χ1n) is 40.5. The lowest BCUT2D eigenvalue weighted by atomic mass is 9.67. The molecule has 4 amide bonds. The van der Waals surface area contributed by atoms with Crippen LogP contribution in [-0.2, 0) is 47.1 Å². The minimum absolute atomic E-state index is 0.00114. The number of hydrogen-bond acceptors (Lipinski definition) is 12. The molecule has 4 heterocycles. The summed E-state index contributed by atoms with van der Waals surface area (Å²) in [4.78, 5) is 67.7. The van der Waals surface area contributed by atoms with Crippen LogP contribution in [0.4, 0.5) is 80.9 Å². The molecular weight excluding hydrogens is 1560 g/mol. The van der Waals surface area contributed by atoms with Crippen molar-refractivity contribution in [1.29, 1.82) is 0 Å². The number of aromatic nitrogens is 8. The third kappa shape index (κ3) is 16.2. The number of alkyl halides is 12. The van der Waals surface area contributed by atoms with Gasteiger partial charge in [0, 0.05) is 85.9 Å². The van der Waals surface area contributed by atoms with Crippen molar-refractivity contribution in [2.45, 2.75) is 311 Å². The maximum absolute atomic E-state index is 14.7. The van der Waals surface area contributed by atoms with E-state index in [4.69, 9.17) is 0 Å². The maximum Gasteiger partial charge on any atom is 0.284 e. The van der Waals surface area contributed by atoms with Crippen molar-refractivity contribution >= 4 is 91.6 Å². The second kappa shape index (κ2) is 30.0. The molecule has 0 aliphatic heterocycles. The number of halogens is 13. The summed E-state index contributed by atoms with van der Waals surface area (Å²) < 4.78 is 187. The normalized spacial score (nSPS) is 26.8. The number of carbonyl (C=O) groups is 4. The van der Waals surface area contributed by atoms with Crippen molar-refractivity contribution in [3.63, 3.8) is 0 Å². The number of aliphatic hydroxyl groups is 4. The highest BCUT2D eigenvalue weighted by Gasteiger charge is 2.70. The Kier molecular flexibility index (Phi) is 22.2. The Bertz CT molecular complexity index is 5040. The van der Waals surface area contributed by atoms with E-state index in [1.807, 2.05) is 31.9 Å². The van der Waals surface area contributed by atoms with Crippen LogP contribution >= 0.6 is 0 Å². The summed E-state index contributed by atoms with van der Waals surface area (Å²) in [6.07, 6.45) is 7.73. The molecule has 644 valence electrons. The van der Waals surface area contributed by atoms with Crippen LogP contribution in [0.5, 0.6) is 0 Å². The molecule has 8 aliphatic rings. The van der Waals surface area contributed by atoms with Crippen LogP contribution in [0.3, 0.4) is 0 Å². The first-order chi connectivity index (χ1) is 54.4. The lowest BCUT2D eigenvalue weighted by molar-refractivity contribution is -0.248. The van der Waals surface area contributed by atoms with Gasteiger partial charge in [-0.1, -0.05) is 18.2 Å². The van der Waals surface area contributed by atoms with E-state index in [1.165, 1.54) is 6.07 Å². The number of nitrogens with zero attached hydrogens (tertiary/aromatic N) is 8. The Balaban J connectivity index is 0.000000136. The van der Waals surface area contributed by atoms with E-state index < -0.39 is 154 Å². The van der Waals surface area contributed by atoms with Gasteiger partial charge in [0.15, 0.2) is 28.5 Å². The predicted molar refractivity (Wildman–Crippen MR) is 419 cm³/mol. The van der Waals surface area contributed by atoms with Crippen LogP contribution < -0.4 is 21.3 Å². The first kappa shape index (κ1) is 87.4. The van der Waals surface area contributed by atoms with Gasteiger partial charge in [-0.2, -0.15) is 0 Å². The maximum atomic E-state index is 14.7. The van der Waals surface area contributed by atoms with Gasteiger partial charge >= 0.3 is 0 Å². The van der Waals surface area contributed by atoms with Crippen LogP contribution in [0, 0.1) is 29.5 Å². The predicted octanol–water partition coefficient (Wildman–Crippen LogP) is 19.1. The van der Waals surface area contributed by atoms with E-state index in [-0.39, 0.29) is 54.4 Å². The molecule has 8 aromatic rings. The Hall–Kier alpha value is -8.43. The molecule has 33 heteroatoms. The van der Waals surface area contributed by atoms with E-state index in [2.05, 4.69) is 48.1 Å². The molecule has 16 rings (SSSR count). The van der Waals surface area contributed by atoms with Crippen LogP contribution in [0.2, 0.25) is 0 Å². The number of fused-ring (bicyclic) bond motifs is 4. The number of amides is 4. The molecule has 8 N–H and O–H groups in total. The zero-order valence-corrected chi connectivity index (χ0v) is 68.4. The molecule has 8 unspecified atom stereocenters. The molecule has 4 aromatic heterocycles. The van der Waals surface area contributed by atoms with E-state index in [9.17, 15) is 96.7 Å². The van der Waals surface area contributed by atoms with Crippen LogP contribution in [0.15, 0.2) is 66.7 Å². The SMILES string of the molecule is CC(C)(O)c1cc(F)c2nc(NC(=O)CC3CC(F)(F)C3(C)F)n(C3CCC3)c2c1.CC(C)(O)c1ccc2nc(NC(=O)CC3CC(C)(F)C3(F)F)n(C3(C)CCC3)c2c1.CC(C)(O)c1ccc2nc(NC(=O)CC3CC(C)(F)C3(F)F)n(C3CCC3)c2c1.CC(C)(O)c1ccc2nc(NC(=O)CC3CC(F)(F)C3(C)F)n(C3CCC3)c2c1. The third-order valence-corrected chi connectivity index (χ3v) is 26.3. The fourth-order valence-corrected chi connectivity index (χ4v) is 17.1. The van der Waals surface area contributed by atoms with Gasteiger partial charge < -0.3 is 38.7 Å². The molecule has 8 atom stereocenters. The van der Waals surface area contributed by atoms with Gasteiger partial charge in [-0.05, 0) is 251 Å². The van der Waals surface area contributed by atoms with Gasteiger partial charge in [0.2, 0.25) is 47.4 Å². The highest BCUT2D eigenvalue weighted by Crippen LogP contribution is 2.59. The number of imidazole rings is 4. The van der Waals surface area contributed by atoms with Gasteiger partial charge in [0.1, 0.15) is 5.52 Å². The molecule has 8 fully saturated rings. The Morgan fingerprint density at radius 3 is 1.00 bits per heavy atom. The Morgan fingerprint density at radius 2 is 0.703 bits per heavy atom. The van der Waals surface area contributed by atoms with Crippen LogP contribution in [0.1, 0.15) is 259 Å². The van der Waals surface area contributed by atoms with E-state index in [0.717, 1.165) is 132 Å². The second-order valence-corrected chi connectivity index (χ2v) is 37.3. The summed E-state index contributed by atoms with van der Waals surface area (Å²) in [5, 5.41) is 52.0. The molecule has 4 aromatic carbocycles. The molecule has 8 saturated carbocycles. The molecule has 8 aliphatic carbocycles. The van der Waals surface area contributed by atoms with E-state index >= 15 is 0 Å². The molecular formula is C85H105F13N12O8. The largest absolute Gasteiger partial charge is 0.386 e. The number of carbonyl (C=O) groups excluding carboxylic acids is 4. The van der Waals surface area contributed by atoms with Gasteiger partial charge in [0.25, 0.3) is 23.7 Å². The Morgan fingerprint density at radius 1 is 0.398 bits per heavy atom. The molecule has 20 nitrogen and oxygen atoms in total. The summed E-state index contributed by atoms with van der Waals surface area (Å²) in [5.74, 6) is -20.5. The van der Waals surface area contributed by atoms with Crippen molar-refractivity contribution in [3.8, 4) is 0 Å². The van der Waals surface area contributed by atoms with Gasteiger partial charge in [0.05, 0.1) is 61.0 Å². The molecule has 0 saturated heterocycles. The van der Waals surface area contributed by atoms with Gasteiger partial charge in [-0.3, -0.25) is 40.4 Å². The van der Waals surface area contributed by atoms with Gasteiger partial charge in [-0.15, -0.1) is 0 Å². The quantitative estimate of drug-likeness (QED) is 0.0331. The lowest BCUT2D eigenvalue weighted by Gasteiger charge is -2.47. The number of rotatable bonds is 20. The lowest BCUT2D eigenvalue weighted by Crippen LogP contribution is -2.60. The summed E-state index contributed by atoms with van der Waals surface area (Å²) in [7, 11) is 0. The fourth-order valence-electron chi connectivity index (χ4n) is 17.1. The summed E-state index contributed by atoms with van der Waals surface area (Å²) in [5.41, 5.74) is -7.74. The number of benzene rings is 4. The van der Waals surface area contributed by atoms with E-state index in [1.54, 1.807) is 102 Å². The standard InChI is InChI=1S/C22H28F3N3O2.C21H25F4N3O2.2C21H26F3N3O2/c1-19(2,30)13-6-7-15-16(10-13)28(20(3)8-5-9-20)18(26-15)27-17(29)11-14-12-21(4,23)22(14,24)25;1-19(2,30)11-7-14(22)17-15(8-11)28(13-5-4-6-13)18(27-17)26-16(29)9-12-10-21(24,25)20(12,3)23;1-19(2,29)12-7-8-15-16(9-12)27(14-5-4-6-14)18(25-15)26-17(28)10-13-11-21(23,24)20(13,3)22;1-19(2,29)12-7-8-15-16(9-12)27(14-5-4-6-14)18(25-15)26-17(28)10-13-11-20(3,22)21(13,23)24/h6-7,10,14,30H,5,8-9,11-12H2,1-4H3,(H,26,27,29);7-8,12-13,30H,4-6,9-10H2,1-3H3,(H,26,27,29);2*7-9,13-14,29H,4-6,10-11H2,1-3H3,(H,25,26,28). The number of hydrogen-bond donors (Lipinski definition) is 8. The minimum atomic E-state index is -3.51. The van der Waals surface area contributed by atoms with Crippen molar-refractivity contribution in [3.05, 3.63) is 94.8 Å². The van der Waals surface area contributed by atoms with Crippen molar-refractivity contribution in [2.24, 2.45) is 23.7 Å². The highest BCUT2D eigenvalue weighted by atomic mass is 19.3. The van der Waals surface area contributed by atoms with Gasteiger partial charge in [-0.25, -0.2) is 77.0 Å². The summed E-state index contributed by atoms with van der Waals surface area (Å²) in [6.45, 7) is 18.7. The van der Waals surface area contributed by atoms with Crippen molar-refractivity contribution in [1.82, 2.24) is 38.2 Å². The Labute approximate surface area is 674 Å². The highest BCUT2D eigenvalue weighted by molar-refractivity contribution is 5.95. The van der Waals surface area contributed by atoms with Crippen LogP contribution in [0.25, 0.3) is 44.1 Å². The monoisotopic (exact) mass is 1670 g/mol. The molecule has 0 bridgehead atoms. The first-order valence-corrected chi connectivity index (χ1v) is 40.5. The zero-order chi connectivity index (χ0) is 86.6. The second-order valence-electron chi connectivity index (χ2n) is 37.3. The number of anilines is 4. The van der Waals surface area contributed by atoms with E-state index in [0.29, 0.717) is 51.0 Å². The minimum Gasteiger partial charge on any atom is -0.386 e. The summed E-state index contributed by atoms with van der Waals surface area (Å²) in [6, 6.07) is 19.5. The zero-order valence-electron chi connectivity index (χ0n) is 68.4. The summed E-state index contributed by atoms with van der Waals surface area (Å²) >= 11 is 0. The molecule has 0 radical (unpaired) electrons. The smallest absolute Gasteiger partial charge is 0.284 e. The number of nitrogens with one attached hydrogen (secondary N) is 4. The van der Waals surface area contributed by atoms with Crippen molar-refractivity contribution < 1.29 is 96.7 Å².